The summed E-state index contributed by atoms with van der Waals surface area (Å²) in [4.78, 5) is 16.5. The van der Waals surface area contributed by atoms with Gasteiger partial charge in [0.15, 0.2) is 0 Å². The van der Waals surface area contributed by atoms with Crippen LogP contribution in [-0.2, 0) is 0 Å². The van der Waals surface area contributed by atoms with Crippen molar-refractivity contribution in [3.05, 3.63) is 29.8 Å². The first-order chi connectivity index (χ1) is 9.72. The molecule has 0 saturated carbocycles. The molecule has 2 aliphatic heterocycles. The van der Waals surface area contributed by atoms with Crippen LogP contribution in [0.5, 0.6) is 0 Å². The molecule has 0 spiro atoms. The highest BCUT2D eigenvalue weighted by molar-refractivity contribution is 5.89. The number of urea groups is 1. The second-order valence-corrected chi connectivity index (χ2v) is 5.64. The van der Waals surface area contributed by atoms with E-state index in [1.54, 1.807) is 0 Å². The number of nitrogens with one attached hydrogen (secondary N) is 2. The van der Waals surface area contributed by atoms with E-state index in [9.17, 15) is 4.79 Å². The van der Waals surface area contributed by atoms with Gasteiger partial charge in [-0.3, -0.25) is 4.90 Å². The first kappa shape index (κ1) is 13.4. The molecule has 2 aliphatic rings. The van der Waals surface area contributed by atoms with Gasteiger partial charge in [0.05, 0.1) is 0 Å². The van der Waals surface area contributed by atoms with Gasteiger partial charge in [0, 0.05) is 51.0 Å². The molecule has 2 amide bonds. The van der Waals surface area contributed by atoms with Gasteiger partial charge < -0.3 is 15.5 Å². The van der Waals surface area contributed by atoms with Gasteiger partial charge in [0.1, 0.15) is 0 Å². The van der Waals surface area contributed by atoms with Gasteiger partial charge in [0.25, 0.3) is 0 Å². The van der Waals surface area contributed by atoms with Gasteiger partial charge >= 0.3 is 6.03 Å². The SMILES string of the molecule is Cc1ccc(NC(=O)N2CC(N3CCNCC3)C2)cc1. The summed E-state index contributed by atoms with van der Waals surface area (Å²) < 4.78 is 0. The maximum Gasteiger partial charge on any atom is 0.321 e. The number of carbonyl (C=O) groups excluding carboxylic acids is 1. The Bertz CT molecular complexity index is 461. The second kappa shape index (κ2) is 5.81. The highest BCUT2D eigenvalue weighted by atomic mass is 16.2. The molecule has 0 aliphatic carbocycles. The Kier molecular flexibility index (Phi) is 3.89. The molecule has 2 heterocycles. The van der Waals surface area contributed by atoms with Crippen molar-refractivity contribution in [2.45, 2.75) is 13.0 Å². The highest BCUT2D eigenvalue weighted by Crippen LogP contribution is 2.17. The molecule has 5 nitrogen and oxygen atoms in total. The van der Waals surface area contributed by atoms with E-state index in [0.29, 0.717) is 6.04 Å². The number of carbonyl (C=O) groups is 1. The number of hydrogen-bond acceptors (Lipinski definition) is 3. The second-order valence-electron chi connectivity index (χ2n) is 5.64. The normalized spacial score (nSPS) is 20.6. The van der Waals surface area contributed by atoms with Crippen LogP contribution in [0.25, 0.3) is 0 Å². The molecular formula is C15H22N4O. The molecule has 0 atom stereocenters. The van der Waals surface area contributed by atoms with Gasteiger partial charge in [-0.05, 0) is 19.1 Å². The van der Waals surface area contributed by atoms with Gasteiger partial charge in [0.2, 0.25) is 0 Å². The standard InChI is InChI=1S/C15H22N4O/c1-12-2-4-13(5-3-12)17-15(20)19-10-14(11-19)18-8-6-16-7-9-18/h2-5,14,16H,6-11H2,1H3,(H,17,20). The van der Waals surface area contributed by atoms with Crippen molar-refractivity contribution in [1.29, 1.82) is 0 Å². The summed E-state index contributed by atoms with van der Waals surface area (Å²) in [5.74, 6) is 0. The summed E-state index contributed by atoms with van der Waals surface area (Å²) in [6.07, 6.45) is 0. The van der Waals surface area contributed by atoms with E-state index < -0.39 is 0 Å². The summed E-state index contributed by atoms with van der Waals surface area (Å²) in [7, 11) is 0. The third-order valence-electron chi connectivity index (χ3n) is 4.12. The first-order valence-corrected chi connectivity index (χ1v) is 7.30. The van der Waals surface area contributed by atoms with Crippen molar-refractivity contribution in [1.82, 2.24) is 15.1 Å². The van der Waals surface area contributed by atoms with Crippen LogP contribution in [0.1, 0.15) is 5.56 Å². The molecule has 1 aromatic carbocycles. The Hall–Kier alpha value is -1.59. The van der Waals surface area contributed by atoms with Crippen LogP contribution >= 0.6 is 0 Å². The monoisotopic (exact) mass is 274 g/mol. The average Bonchev–Trinajstić information content (AvgIpc) is 2.41. The molecule has 1 aromatic rings. The zero-order valence-electron chi connectivity index (χ0n) is 11.9. The van der Waals surface area contributed by atoms with E-state index in [1.165, 1.54) is 5.56 Å². The van der Waals surface area contributed by atoms with E-state index in [2.05, 4.69) is 15.5 Å². The summed E-state index contributed by atoms with van der Waals surface area (Å²) in [6, 6.07) is 8.47. The third-order valence-corrected chi connectivity index (χ3v) is 4.12. The highest BCUT2D eigenvalue weighted by Gasteiger charge is 2.35. The summed E-state index contributed by atoms with van der Waals surface area (Å²) in [5, 5.41) is 6.31. The minimum Gasteiger partial charge on any atom is -0.321 e. The van der Waals surface area contributed by atoms with Gasteiger partial charge in [-0.1, -0.05) is 17.7 Å². The van der Waals surface area contributed by atoms with E-state index in [-0.39, 0.29) is 6.03 Å². The fraction of sp³-hybridized carbons (Fsp3) is 0.533. The maximum absolute atomic E-state index is 12.1. The van der Waals surface area contributed by atoms with E-state index in [1.807, 2.05) is 36.1 Å². The topological polar surface area (TPSA) is 47.6 Å². The molecule has 2 fully saturated rings. The van der Waals surface area contributed by atoms with E-state index in [4.69, 9.17) is 0 Å². The number of hydrogen-bond donors (Lipinski definition) is 2. The average molecular weight is 274 g/mol. The molecule has 3 rings (SSSR count). The first-order valence-electron chi connectivity index (χ1n) is 7.30. The Morgan fingerprint density at radius 1 is 1.20 bits per heavy atom. The number of aryl methyl sites for hydroxylation is 1. The lowest BCUT2D eigenvalue weighted by atomic mass is 10.1. The smallest absolute Gasteiger partial charge is 0.321 e. The summed E-state index contributed by atoms with van der Waals surface area (Å²) in [5.41, 5.74) is 2.07. The number of rotatable bonds is 2. The number of benzene rings is 1. The zero-order valence-corrected chi connectivity index (χ0v) is 11.9. The van der Waals surface area contributed by atoms with Crippen molar-refractivity contribution in [3.8, 4) is 0 Å². The van der Waals surface area contributed by atoms with Crippen molar-refractivity contribution >= 4 is 11.7 Å². The van der Waals surface area contributed by atoms with Crippen molar-refractivity contribution in [2.24, 2.45) is 0 Å². The molecule has 0 aromatic heterocycles. The fourth-order valence-corrected chi connectivity index (χ4v) is 2.74. The number of likely N-dealkylation sites (tertiary alicyclic amines) is 1. The lowest BCUT2D eigenvalue weighted by Crippen LogP contribution is -2.64. The predicted molar refractivity (Wildman–Crippen MR) is 80.0 cm³/mol. The Balaban J connectivity index is 1.47. The Labute approximate surface area is 119 Å². The van der Waals surface area contributed by atoms with E-state index in [0.717, 1.165) is 45.0 Å². The summed E-state index contributed by atoms with van der Waals surface area (Å²) in [6.45, 7) is 8.04. The molecule has 0 bridgehead atoms. The largest absolute Gasteiger partial charge is 0.321 e. The van der Waals surface area contributed by atoms with Gasteiger partial charge in [-0.2, -0.15) is 0 Å². The lowest BCUT2D eigenvalue weighted by molar-refractivity contribution is 0.0537. The van der Waals surface area contributed by atoms with E-state index >= 15 is 0 Å². The molecule has 0 unspecified atom stereocenters. The number of anilines is 1. The van der Waals surface area contributed by atoms with Crippen molar-refractivity contribution in [2.75, 3.05) is 44.6 Å². The molecule has 2 N–H and O–H groups in total. The zero-order chi connectivity index (χ0) is 13.9. The van der Waals surface area contributed by atoms with Gasteiger partial charge in [-0.25, -0.2) is 4.79 Å². The number of nitrogens with zero attached hydrogens (tertiary/aromatic N) is 2. The Morgan fingerprint density at radius 2 is 1.85 bits per heavy atom. The predicted octanol–water partition coefficient (Wildman–Crippen LogP) is 1.12. The minimum absolute atomic E-state index is 0.0141. The molecule has 2 saturated heterocycles. The van der Waals surface area contributed by atoms with Crippen LogP contribution in [0.2, 0.25) is 0 Å². The van der Waals surface area contributed by atoms with Crippen LogP contribution in [0.15, 0.2) is 24.3 Å². The van der Waals surface area contributed by atoms with Crippen LogP contribution in [0.3, 0.4) is 0 Å². The molecular weight excluding hydrogens is 252 g/mol. The fourth-order valence-electron chi connectivity index (χ4n) is 2.74. The minimum atomic E-state index is 0.0141. The van der Waals surface area contributed by atoms with Gasteiger partial charge in [-0.15, -0.1) is 0 Å². The quantitative estimate of drug-likeness (QED) is 0.849. The third kappa shape index (κ3) is 2.94. The number of amides is 2. The van der Waals surface area contributed by atoms with Crippen molar-refractivity contribution < 1.29 is 4.79 Å². The molecule has 5 heteroatoms. The van der Waals surface area contributed by atoms with Crippen LogP contribution in [-0.4, -0.2) is 61.1 Å². The van der Waals surface area contributed by atoms with Crippen LogP contribution in [0.4, 0.5) is 10.5 Å². The molecule has 20 heavy (non-hydrogen) atoms. The Morgan fingerprint density at radius 3 is 2.50 bits per heavy atom. The number of piperazine rings is 1. The van der Waals surface area contributed by atoms with Crippen LogP contribution < -0.4 is 10.6 Å². The van der Waals surface area contributed by atoms with Crippen LogP contribution in [0, 0.1) is 6.92 Å². The molecule has 108 valence electrons. The summed E-state index contributed by atoms with van der Waals surface area (Å²) >= 11 is 0. The van der Waals surface area contributed by atoms with Crippen molar-refractivity contribution in [3.63, 3.8) is 0 Å². The lowest BCUT2D eigenvalue weighted by Gasteiger charge is -2.46. The maximum atomic E-state index is 12.1. The molecule has 0 radical (unpaired) electrons.